The molecule has 1 aromatic heterocycles. The Balaban J connectivity index is 0.000000505. The molecule has 1 aliphatic rings. The SMILES string of the molecule is CN(c1cc(F)c(S(=O)(=O)Nc2cscn2)cc1F)C1CCN(Cc2ccccc2)C1.O=C(O)C(F)(F)F. The molecule has 4 rings (SSSR count). The van der Waals surface area contributed by atoms with Crippen LogP contribution in [0.2, 0.25) is 0 Å². The number of hydrogen-bond acceptors (Lipinski definition) is 7. The Hall–Kier alpha value is -3.30. The fourth-order valence-electron chi connectivity index (χ4n) is 3.76. The summed E-state index contributed by atoms with van der Waals surface area (Å²) in [5.41, 5.74) is 2.68. The molecule has 0 saturated carbocycles. The van der Waals surface area contributed by atoms with Crippen LogP contribution >= 0.6 is 11.3 Å². The van der Waals surface area contributed by atoms with Crippen molar-refractivity contribution in [1.82, 2.24) is 9.88 Å². The number of thiazole rings is 1. The summed E-state index contributed by atoms with van der Waals surface area (Å²) in [6, 6.07) is 11.7. The van der Waals surface area contributed by atoms with Crippen LogP contribution in [0.25, 0.3) is 0 Å². The van der Waals surface area contributed by atoms with Crippen molar-refractivity contribution in [2.75, 3.05) is 29.8 Å². The van der Waals surface area contributed by atoms with Crippen LogP contribution in [-0.2, 0) is 21.4 Å². The first-order chi connectivity index (χ1) is 17.8. The Bertz CT molecular complexity index is 1340. The zero-order valence-electron chi connectivity index (χ0n) is 19.8. The van der Waals surface area contributed by atoms with E-state index in [4.69, 9.17) is 9.90 Å². The van der Waals surface area contributed by atoms with Gasteiger partial charge >= 0.3 is 12.1 Å². The molecule has 1 atom stereocenters. The van der Waals surface area contributed by atoms with E-state index in [9.17, 15) is 30.4 Å². The van der Waals surface area contributed by atoms with Crippen LogP contribution in [-0.4, -0.2) is 61.7 Å². The first-order valence-corrected chi connectivity index (χ1v) is 13.4. The average molecular weight is 579 g/mol. The third kappa shape index (κ3) is 7.61. The topological polar surface area (TPSA) is 103 Å². The number of likely N-dealkylation sites (N-methyl/N-ethyl adjacent to an activating group) is 1. The highest BCUT2D eigenvalue weighted by molar-refractivity contribution is 7.92. The standard InChI is InChI=1S/C21H22F2N4O2S2.C2HF3O2/c1-26(16-7-8-27(12-16)11-15-5-3-2-4-6-15)19-9-18(23)20(10-17(19)22)31(28,29)25-21-13-30-14-24-21;3-2(4,5)1(6)7/h2-6,9-10,13-14,16,25H,7-8,11-12H2,1H3;(H,6,7). The van der Waals surface area contributed by atoms with Crippen LogP contribution in [0.3, 0.4) is 0 Å². The van der Waals surface area contributed by atoms with E-state index in [1.54, 1.807) is 11.9 Å². The summed E-state index contributed by atoms with van der Waals surface area (Å²) in [7, 11) is -2.58. The van der Waals surface area contributed by atoms with Gasteiger partial charge in [-0.3, -0.25) is 9.62 Å². The van der Waals surface area contributed by atoms with E-state index in [-0.39, 0.29) is 17.5 Å². The normalized spacial score (nSPS) is 16.0. The predicted octanol–water partition coefficient (Wildman–Crippen LogP) is 4.57. The van der Waals surface area contributed by atoms with E-state index >= 15 is 0 Å². The molecule has 1 saturated heterocycles. The van der Waals surface area contributed by atoms with Crippen LogP contribution in [0.1, 0.15) is 12.0 Å². The van der Waals surface area contributed by atoms with Gasteiger partial charge in [-0.2, -0.15) is 13.2 Å². The first kappa shape index (κ1) is 29.3. The molecule has 2 heterocycles. The molecule has 206 valence electrons. The lowest BCUT2D eigenvalue weighted by Gasteiger charge is -2.28. The molecule has 8 nitrogen and oxygen atoms in total. The summed E-state index contributed by atoms with van der Waals surface area (Å²) in [5, 5.41) is 8.59. The molecule has 38 heavy (non-hydrogen) atoms. The summed E-state index contributed by atoms with van der Waals surface area (Å²) in [6.07, 6.45) is -4.28. The summed E-state index contributed by atoms with van der Waals surface area (Å²) < 4.78 is 88.4. The van der Waals surface area contributed by atoms with Gasteiger partial charge in [0.25, 0.3) is 10.0 Å². The molecule has 2 aromatic carbocycles. The van der Waals surface area contributed by atoms with Crippen molar-refractivity contribution in [3.05, 3.63) is 70.6 Å². The number of hydrogen-bond donors (Lipinski definition) is 2. The zero-order valence-corrected chi connectivity index (χ0v) is 21.5. The maximum absolute atomic E-state index is 14.9. The number of benzene rings is 2. The van der Waals surface area contributed by atoms with Crippen molar-refractivity contribution in [2.24, 2.45) is 0 Å². The van der Waals surface area contributed by atoms with E-state index in [0.717, 1.165) is 31.6 Å². The Morgan fingerprint density at radius 1 is 1.21 bits per heavy atom. The quantitative estimate of drug-likeness (QED) is 0.396. The Kier molecular flexibility index (Phi) is 9.27. The molecule has 0 aliphatic carbocycles. The fraction of sp³-hybridized carbons (Fsp3) is 0.304. The maximum Gasteiger partial charge on any atom is 0.490 e. The van der Waals surface area contributed by atoms with E-state index in [2.05, 4.69) is 26.7 Å². The van der Waals surface area contributed by atoms with Crippen molar-refractivity contribution in [1.29, 1.82) is 0 Å². The lowest BCUT2D eigenvalue weighted by Crippen LogP contribution is -2.35. The third-order valence-corrected chi connectivity index (χ3v) is 7.59. The molecule has 2 N–H and O–H groups in total. The van der Waals surface area contributed by atoms with Crippen molar-refractivity contribution in [3.8, 4) is 0 Å². The number of halogens is 5. The lowest BCUT2D eigenvalue weighted by atomic mass is 10.2. The molecule has 1 unspecified atom stereocenters. The molecule has 3 aromatic rings. The molecule has 0 spiro atoms. The number of rotatable bonds is 7. The summed E-state index contributed by atoms with van der Waals surface area (Å²) in [5.74, 6) is -4.49. The second-order valence-electron chi connectivity index (χ2n) is 8.29. The van der Waals surface area contributed by atoms with E-state index in [0.29, 0.717) is 6.54 Å². The Morgan fingerprint density at radius 3 is 2.45 bits per heavy atom. The minimum absolute atomic E-state index is 0.00630. The highest BCUT2D eigenvalue weighted by Gasteiger charge is 2.38. The molecule has 1 fully saturated rings. The first-order valence-electron chi connectivity index (χ1n) is 11.0. The number of aliphatic carboxylic acids is 1. The molecule has 1 aliphatic heterocycles. The van der Waals surface area contributed by atoms with Gasteiger partial charge in [-0.05, 0) is 18.1 Å². The van der Waals surface area contributed by atoms with Gasteiger partial charge in [0.1, 0.15) is 16.5 Å². The van der Waals surface area contributed by atoms with Gasteiger partial charge in [0.05, 0.1) is 11.2 Å². The number of aromatic nitrogens is 1. The minimum atomic E-state index is -5.08. The number of carboxylic acids is 1. The predicted molar refractivity (Wildman–Crippen MR) is 131 cm³/mol. The highest BCUT2D eigenvalue weighted by atomic mass is 32.2. The van der Waals surface area contributed by atoms with E-state index in [1.165, 1.54) is 27.8 Å². The second kappa shape index (κ2) is 12.0. The van der Waals surface area contributed by atoms with Crippen molar-refractivity contribution >= 4 is 38.8 Å². The number of carbonyl (C=O) groups is 1. The number of anilines is 2. The van der Waals surface area contributed by atoms with Gasteiger partial charge in [0.15, 0.2) is 5.82 Å². The fourth-order valence-corrected chi connectivity index (χ4v) is 5.39. The van der Waals surface area contributed by atoms with Crippen LogP contribution in [0, 0.1) is 11.6 Å². The number of nitrogens with zero attached hydrogens (tertiary/aromatic N) is 3. The van der Waals surface area contributed by atoms with E-state index in [1.807, 2.05) is 18.2 Å². The van der Waals surface area contributed by atoms with Crippen molar-refractivity contribution in [3.63, 3.8) is 0 Å². The van der Waals surface area contributed by atoms with Gasteiger partial charge in [-0.15, -0.1) is 11.3 Å². The molecular formula is C23H23F5N4O4S2. The molecular weight excluding hydrogens is 555 g/mol. The van der Waals surface area contributed by atoms with Crippen LogP contribution in [0.5, 0.6) is 0 Å². The van der Waals surface area contributed by atoms with Crippen LogP contribution in [0.15, 0.2) is 58.3 Å². The van der Waals surface area contributed by atoms with Gasteiger partial charge in [0, 0.05) is 44.2 Å². The second-order valence-corrected chi connectivity index (χ2v) is 10.7. The summed E-state index contributed by atoms with van der Waals surface area (Å²) in [4.78, 5) is 15.9. The highest BCUT2D eigenvalue weighted by Crippen LogP contribution is 2.30. The molecule has 0 radical (unpaired) electrons. The molecule has 15 heteroatoms. The van der Waals surface area contributed by atoms with Crippen LogP contribution < -0.4 is 9.62 Å². The summed E-state index contributed by atoms with van der Waals surface area (Å²) in [6.45, 7) is 2.34. The Labute approximate surface area is 219 Å². The third-order valence-electron chi connectivity index (χ3n) is 5.63. The van der Waals surface area contributed by atoms with E-state index < -0.39 is 38.7 Å². The lowest BCUT2D eigenvalue weighted by molar-refractivity contribution is -0.192. The Morgan fingerprint density at radius 2 is 1.87 bits per heavy atom. The minimum Gasteiger partial charge on any atom is -0.475 e. The summed E-state index contributed by atoms with van der Waals surface area (Å²) >= 11 is 1.19. The molecule has 0 amide bonds. The largest absolute Gasteiger partial charge is 0.490 e. The number of alkyl halides is 3. The van der Waals surface area contributed by atoms with Crippen LogP contribution in [0.4, 0.5) is 33.5 Å². The monoisotopic (exact) mass is 578 g/mol. The van der Waals surface area contributed by atoms with Crippen molar-refractivity contribution < 1.29 is 40.3 Å². The van der Waals surface area contributed by atoms with Crippen molar-refractivity contribution in [2.45, 2.75) is 30.1 Å². The van der Waals surface area contributed by atoms with Gasteiger partial charge < -0.3 is 10.0 Å². The number of carboxylic acid groups (broad SMARTS) is 1. The number of nitrogens with one attached hydrogen (secondary N) is 1. The maximum atomic E-state index is 14.9. The average Bonchev–Trinajstić information content (AvgIpc) is 3.52. The van der Waals surface area contributed by atoms with Gasteiger partial charge in [-0.25, -0.2) is 27.0 Å². The number of sulfonamides is 1. The van der Waals surface area contributed by atoms with Gasteiger partial charge in [0.2, 0.25) is 0 Å². The smallest absolute Gasteiger partial charge is 0.475 e. The molecule has 0 bridgehead atoms. The van der Waals surface area contributed by atoms with Gasteiger partial charge in [-0.1, -0.05) is 30.3 Å². The zero-order chi connectivity index (χ0) is 28.1. The number of likely N-dealkylation sites (tertiary alicyclic amines) is 1.